The Balaban J connectivity index is 1.92. The highest BCUT2D eigenvalue weighted by Crippen LogP contribution is 2.27. The topological polar surface area (TPSA) is 52.5 Å². The van der Waals surface area contributed by atoms with Gasteiger partial charge >= 0.3 is 0 Å². The van der Waals surface area contributed by atoms with Crippen LogP contribution in [0, 0.1) is 0 Å². The van der Waals surface area contributed by atoms with Crippen LogP contribution < -0.4 is 4.90 Å². The van der Waals surface area contributed by atoms with E-state index >= 15 is 0 Å². The first-order valence-electron chi connectivity index (χ1n) is 7.32. The number of β-amino-alcohol motifs (C(OH)–C–C–N with tert-alkyl or cyclic N) is 1. The number of hydrogen-bond acceptors (Lipinski definition) is 5. The summed E-state index contributed by atoms with van der Waals surface area (Å²) in [5, 5.41) is 9.78. The number of aliphatic hydroxyl groups is 1. The lowest BCUT2D eigenvalue weighted by molar-refractivity contribution is 0.140. The normalized spacial score (nSPS) is 16.6. The molecule has 0 amide bonds. The van der Waals surface area contributed by atoms with Crippen LogP contribution in [0.15, 0.2) is 24.3 Å². The van der Waals surface area contributed by atoms with Crippen LogP contribution in [-0.4, -0.2) is 59.3 Å². The number of aromatic nitrogens is 2. The van der Waals surface area contributed by atoms with Gasteiger partial charge in [-0.25, -0.2) is 18.7 Å². The number of anilines is 1. The maximum atomic E-state index is 13.0. The minimum atomic E-state index is -2.68. The average Bonchev–Trinajstić information content (AvgIpc) is 2.55. The number of hydrogen-bond donors (Lipinski definition) is 1. The van der Waals surface area contributed by atoms with Gasteiger partial charge in [0.25, 0.3) is 6.43 Å². The highest BCUT2D eigenvalue weighted by Gasteiger charge is 2.22. The summed E-state index contributed by atoms with van der Waals surface area (Å²) in [5.74, 6) is 0.149. The summed E-state index contributed by atoms with van der Waals surface area (Å²) >= 11 is 0. The van der Waals surface area contributed by atoms with E-state index < -0.39 is 12.2 Å². The molecule has 2 aromatic rings. The van der Waals surface area contributed by atoms with E-state index in [0.717, 1.165) is 18.5 Å². The van der Waals surface area contributed by atoms with Crippen molar-refractivity contribution in [3.8, 4) is 0 Å². The minimum absolute atomic E-state index is 0.131. The molecule has 1 saturated heterocycles. The number of piperazine rings is 1. The van der Waals surface area contributed by atoms with Crippen LogP contribution in [0.3, 0.4) is 0 Å². The third-order valence-electron chi connectivity index (χ3n) is 3.88. The first kappa shape index (κ1) is 15.1. The number of halogens is 2. The molecule has 118 valence electrons. The van der Waals surface area contributed by atoms with Crippen molar-refractivity contribution in [1.29, 1.82) is 0 Å². The second-order valence-electron chi connectivity index (χ2n) is 5.28. The van der Waals surface area contributed by atoms with Crippen molar-refractivity contribution in [1.82, 2.24) is 14.9 Å². The van der Waals surface area contributed by atoms with E-state index in [4.69, 9.17) is 5.11 Å². The monoisotopic (exact) mass is 308 g/mol. The van der Waals surface area contributed by atoms with Crippen molar-refractivity contribution in [3.05, 3.63) is 30.1 Å². The number of para-hydroxylation sites is 1. The number of alkyl halides is 2. The molecule has 22 heavy (non-hydrogen) atoms. The summed E-state index contributed by atoms with van der Waals surface area (Å²) in [6.45, 7) is 3.73. The maximum absolute atomic E-state index is 13.0. The zero-order valence-corrected chi connectivity index (χ0v) is 12.1. The molecule has 0 radical (unpaired) electrons. The molecule has 1 aliphatic heterocycles. The fourth-order valence-electron chi connectivity index (χ4n) is 2.74. The molecule has 3 rings (SSSR count). The van der Waals surface area contributed by atoms with Gasteiger partial charge in [-0.15, -0.1) is 0 Å². The molecule has 1 aliphatic rings. The highest BCUT2D eigenvalue weighted by atomic mass is 19.3. The Bertz CT molecular complexity index is 644. The van der Waals surface area contributed by atoms with E-state index in [1.807, 2.05) is 17.0 Å². The van der Waals surface area contributed by atoms with Crippen LogP contribution in [0.4, 0.5) is 14.6 Å². The van der Waals surface area contributed by atoms with Crippen LogP contribution in [0.25, 0.3) is 10.9 Å². The largest absolute Gasteiger partial charge is 0.395 e. The van der Waals surface area contributed by atoms with Crippen LogP contribution >= 0.6 is 0 Å². The van der Waals surface area contributed by atoms with Crippen molar-refractivity contribution in [2.24, 2.45) is 0 Å². The van der Waals surface area contributed by atoms with Gasteiger partial charge in [0.15, 0.2) is 5.82 Å². The fourth-order valence-corrected chi connectivity index (χ4v) is 2.74. The molecule has 0 aliphatic carbocycles. The molecule has 0 bridgehead atoms. The van der Waals surface area contributed by atoms with E-state index in [1.165, 1.54) is 0 Å². The lowest BCUT2D eigenvalue weighted by Gasteiger charge is -2.35. The van der Waals surface area contributed by atoms with Crippen molar-refractivity contribution in [3.63, 3.8) is 0 Å². The number of nitrogens with zero attached hydrogens (tertiary/aromatic N) is 4. The molecule has 0 saturated carbocycles. The Morgan fingerprint density at radius 3 is 2.50 bits per heavy atom. The van der Waals surface area contributed by atoms with Crippen LogP contribution in [0.1, 0.15) is 12.2 Å². The van der Waals surface area contributed by atoms with Gasteiger partial charge in [0.1, 0.15) is 5.82 Å². The summed E-state index contributed by atoms with van der Waals surface area (Å²) in [5.41, 5.74) is 0.542. The van der Waals surface area contributed by atoms with Crippen molar-refractivity contribution in [2.75, 3.05) is 44.2 Å². The van der Waals surface area contributed by atoms with Crippen molar-refractivity contribution < 1.29 is 13.9 Å². The van der Waals surface area contributed by atoms with Gasteiger partial charge in [-0.3, -0.25) is 4.90 Å². The lowest BCUT2D eigenvalue weighted by Crippen LogP contribution is -2.47. The Hall–Kier alpha value is -1.86. The van der Waals surface area contributed by atoms with E-state index in [-0.39, 0.29) is 6.61 Å². The molecule has 2 heterocycles. The Morgan fingerprint density at radius 2 is 1.82 bits per heavy atom. The third-order valence-corrected chi connectivity index (χ3v) is 3.88. The number of fused-ring (bicyclic) bond motifs is 1. The van der Waals surface area contributed by atoms with Gasteiger partial charge in [0.2, 0.25) is 0 Å². The molecule has 0 atom stereocenters. The van der Waals surface area contributed by atoms with Crippen molar-refractivity contribution in [2.45, 2.75) is 6.43 Å². The molecule has 1 N–H and O–H groups in total. The van der Waals surface area contributed by atoms with Gasteiger partial charge in [-0.05, 0) is 12.1 Å². The first-order chi connectivity index (χ1) is 10.7. The molecule has 0 spiro atoms. The maximum Gasteiger partial charge on any atom is 0.297 e. The van der Waals surface area contributed by atoms with Gasteiger partial charge in [0.05, 0.1) is 12.1 Å². The molecular formula is C15H18F2N4O. The Labute approximate surface area is 127 Å². The van der Waals surface area contributed by atoms with E-state index in [1.54, 1.807) is 12.1 Å². The van der Waals surface area contributed by atoms with Gasteiger partial charge < -0.3 is 10.0 Å². The second-order valence-corrected chi connectivity index (χ2v) is 5.28. The standard InChI is InChI=1S/C15H18F2N4O/c16-13(17)14-18-12-4-2-1-3-11(12)15(19-14)21-7-5-20(6-8-21)9-10-22/h1-4,13,22H,5-10H2. The zero-order chi connectivity index (χ0) is 15.5. The molecule has 7 heteroatoms. The predicted molar refractivity (Wildman–Crippen MR) is 80.2 cm³/mol. The minimum Gasteiger partial charge on any atom is -0.395 e. The summed E-state index contributed by atoms with van der Waals surface area (Å²) in [4.78, 5) is 12.2. The van der Waals surface area contributed by atoms with E-state index in [0.29, 0.717) is 31.0 Å². The third kappa shape index (κ3) is 3.00. The van der Waals surface area contributed by atoms with Gasteiger partial charge in [-0.1, -0.05) is 12.1 Å². The van der Waals surface area contributed by atoms with Gasteiger partial charge in [-0.2, -0.15) is 0 Å². The van der Waals surface area contributed by atoms with Crippen LogP contribution in [0.5, 0.6) is 0 Å². The van der Waals surface area contributed by atoms with E-state index in [9.17, 15) is 8.78 Å². The average molecular weight is 308 g/mol. The summed E-state index contributed by atoms with van der Waals surface area (Å²) < 4.78 is 26.1. The quantitative estimate of drug-likeness (QED) is 0.931. The number of benzene rings is 1. The molecule has 0 unspecified atom stereocenters. The molecule has 1 fully saturated rings. The SMILES string of the molecule is OCCN1CCN(c2nc(C(F)F)nc3ccccc23)CC1. The lowest BCUT2D eigenvalue weighted by atomic mass is 10.2. The molecule has 1 aromatic carbocycles. The van der Waals surface area contributed by atoms with E-state index in [2.05, 4.69) is 14.9 Å². The smallest absolute Gasteiger partial charge is 0.297 e. The fraction of sp³-hybridized carbons (Fsp3) is 0.467. The second kappa shape index (κ2) is 6.50. The Morgan fingerprint density at radius 1 is 1.09 bits per heavy atom. The zero-order valence-electron chi connectivity index (χ0n) is 12.1. The first-order valence-corrected chi connectivity index (χ1v) is 7.32. The molecule has 5 nitrogen and oxygen atoms in total. The highest BCUT2D eigenvalue weighted by molar-refractivity contribution is 5.89. The molecule has 1 aromatic heterocycles. The van der Waals surface area contributed by atoms with Gasteiger partial charge in [0, 0.05) is 38.1 Å². The number of aliphatic hydroxyl groups excluding tert-OH is 1. The molecular weight excluding hydrogens is 290 g/mol. The number of rotatable bonds is 4. The van der Waals surface area contributed by atoms with Crippen LogP contribution in [0.2, 0.25) is 0 Å². The Kier molecular flexibility index (Phi) is 4.44. The summed E-state index contributed by atoms with van der Waals surface area (Å²) in [7, 11) is 0. The summed E-state index contributed by atoms with van der Waals surface area (Å²) in [6.07, 6.45) is -2.68. The predicted octanol–water partition coefficient (Wildman–Crippen LogP) is 1.68. The van der Waals surface area contributed by atoms with Crippen LogP contribution in [-0.2, 0) is 0 Å². The summed E-state index contributed by atoms with van der Waals surface area (Å²) in [6, 6.07) is 7.24. The van der Waals surface area contributed by atoms with Crippen molar-refractivity contribution >= 4 is 16.7 Å².